The molecule has 0 bridgehead atoms. The Hall–Kier alpha value is -3.41. The van der Waals surface area contributed by atoms with Crippen molar-refractivity contribution in [2.75, 3.05) is 23.3 Å². The lowest BCUT2D eigenvalue weighted by Crippen LogP contribution is -2.31. The first kappa shape index (κ1) is 18.0. The van der Waals surface area contributed by atoms with Crippen LogP contribution in [0.25, 0.3) is 10.8 Å². The first-order valence-corrected chi connectivity index (χ1v) is 9.46. The van der Waals surface area contributed by atoms with Crippen LogP contribution >= 0.6 is 0 Å². The Morgan fingerprint density at radius 1 is 0.964 bits per heavy atom. The maximum atomic E-state index is 13.1. The number of hydrogen-bond acceptors (Lipinski definition) is 4. The first-order valence-electron chi connectivity index (χ1n) is 9.46. The fraction of sp³-hybridized carbons (Fsp3) is 0.227. The number of nitrogens with one attached hydrogen (secondary N) is 1. The van der Waals surface area contributed by atoms with Gasteiger partial charge < -0.3 is 10.2 Å². The maximum Gasteiger partial charge on any atom is 0.270 e. The summed E-state index contributed by atoms with van der Waals surface area (Å²) in [5.41, 5.74) is 1.70. The number of nitro benzene ring substituents is 1. The molecule has 1 N–H and O–H groups in total. The molecule has 4 rings (SSSR count). The Labute approximate surface area is 162 Å². The molecule has 1 amide bonds. The van der Waals surface area contributed by atoms with Gasteiger partial charge in [0.25, 0.3) is 11.6 Å². The Morgan fingerprint density at radius 3 is 2.50 bits per heavy atom. The van der Waals surface area contributed by atoms with Gasteiger partial charge in [-0.3, -0.25) is 14.9 Å². The van der Waals surface area contributed by atoms with Crippen molar-refractivity contribution >= 4 is 33.7 Å². The van der Waals surface area contributed by atoms with Crippen LogP contribution in [0.5, 0.6) is 0 Å². The Bertz CT molecular complexity index is 1040. The minimum Gasteiger partial charge on any atom is -0.371 e. The maximum absolute atomic E-state index is 13.1. The van der Waals surface area contributed by atoms with E-state index < -0.39 is 4.92 Å². The fourth-order valence-electron chi connectivity index (χ4n) is 3.75. The Balaban J connectivity index is 1.72. The van der Waals surface area contributed by atoms with Crippen LogP contribution in [0.3, 0.4) is 0 Å². The molecule has 142 valence electrons. The van der Waals surface area contributed by atoms with Crippen LogP contribution in [0.1, 0.15) is 29.6 Å². The van der Waals surface area contributed by atoms with Gasteiger partial charge in [-0.05, 0) is 36.8 Å². The molecular weight excluding hydrogens is 354 g/mol. The highest BCUT2D eigenvalue weighted by Gasteiger charge is 2.22. The van der Waals surface area contributed by atoms with E-state index in [9.17, 15) is 14.9 Å². The molecule has 0 atom stereocenters. The van der Waals surface area contributed by atoms with Gasteiger partial charge in [0.1, 0.15) is 0 Å². The van der Waals surface area contributed by atoms with Gasteiger partial charge in [0.05, 0.1) is 16.2 Å². The van der Waals surface area contributed by atoms with Crippen LogP contribution in [0, 0.1) is 10.1 Å². The number of benzene rings is 3. The number of fused-ring (bicyclic) bond motifs is 1. The highest BCUT2D eigenvalue weighted by atomic mass is 16.6. The van der Waals surface area contributed by atoms with Crippen molar-refractivity contribution < 1.29 is 9.72 Å². The second-order valence-corrected chi connectivity index (χ2v) is 6.99. The molecule has 0 spiro atoms. The van der Waals surface area contributed by atoms with E-state index in [1.807, 2.05) is 42.5 Å². The van der Waals surface area contributed by atoms with Gasteiger partial charge in [-0.15, -0.1) is 0 Å². The molecule has 6 heteroatoms. The molecule has 0 aliphatic carbocycles. The number of non-ortho nitro benzene ring substituents is 1. The van der Waals surface area contributed by atoms with Gasteiger partial charge in [0, 0.05) is 36.3 Å². The largest absolute Gasteiger partial charge is 0.371 e. The molecule has 3 aromatic rings. The van der Waals surface area contributed by atoms with Gasteiger partial charge in [-0.1, -0.05) is 36.4 Å². The number of anilines is 2. The molecule has 6 nitrogen and oxygen atoms in total. The second kappa shape index (κ2) is 7.68. The smallest absolute Gasteiger partial charge is 0.270 e. The van der Waals surface area contributed by atoms with Gasteiger partial charge >= 0.3 is 0 Å². The van der Waals surface area contributed by atoms with Crippen LogP contribution in [0.15, 0.2) is 60.7 Å². The number of hydrogen-bond donors (Lipinski definition) is 1. The summed E-state index contributed by atoms with van der Waals surface area (Å²) in [5.74, 6) is -0.333. The normalized spacial score (nSPS) is 14.1. The van der Waals surface area contributed by atoms with E-state index in [4.69, 9.17) is 0 Å². The van der Waals surface area contributed by atoms with Crippen molar-refractivity contribution in [1.29, 1.82) is 0 Å². The predicted molar refractivity (Wildman–Crippen MR) is 111 cm³/mol. The quantitative estimate of drug-likeness (QED) is 0.515. The lowest BCUT2D eigenvalue weighted by atomic mass is 10.0. The van der Waals surface area contributed by atoms with E-state index in [1.165, 1.54) is 18.6 Å². The Morgan fingerprint density at radius 2 is 1.71 bits per heavy atom. The topological polar surface area (TPSA) is 75.5 Å². The third-order valence-electron chi connectivity index (χ3n) is 5.17. The van der Waals surface area contributed by atoms with Crippen LogP contribution in [-0.2, 0) is 0 Å². The SMILES string of the molecule is O=C(Nc1cccc2ccccc12)c1cc([N+](=O)[O-])ccc1N1CCCCC1. The van der Waals surface area contributed by atoms with Crippen LogP contribution in [0.2, 0.25) is 0 Å². The molecule has 0 radical (unpaired) electrons. The minimum absolute atomic E-state index is 0.0798. The number of carbonyl (C=O) groups is 1. The summed E-state index contributed by atoms with van der Waals surface area (Å²) >= 11 is 0. The molecule has 1 aliphatic heterocycles. The number of rotatable bonds is 4. The van der Waals surface area contributed by atoms with E-state index >= 15 is 0 Å². The summed E-state index contributed by atoms with van der Waals surface area (Å²) in [7, 11) is 0. The van der Waals surface area contributed by atoms with Gasteiger partial charge in [-0.25, -0.2) is 0 Å². The van der Waals surface area contributed by atoms with Crippen molar-refractivity contribution in [3.05, 3.63) is 76.3 Å². The molecule has 1 saturated heterocycles. The number of amides is 1. The summed E-state index contributed by atoms with van der Waals surface area (Å²) in [6.07, 6.45) is 3.28. The Kier molecular flexibility index (Phi) is 4.93. The van der Waals surface area contributed by atoms with E-state index in [-0.39, 0.29) is 11.6 Å². The average molecular weight is 375 g/mol. The van der Waals surface area contributed by atoms with Crippen molar-refractivity contribution in [1.82, 2.24) is 0 Å². The van der Waals surface area contributed by atoms with Crippen LogP contribution < -0.4 is 10.2 Å². The fourth-order valence-corrected chi connectivity index (χ4v) is 3.75. The molecule has 0 unspecified atom stereocenters. The summed E-state index contributed by atoms with van der Waals surface area (Å²) in [4.78, 5) is 26.1. The van der Waals surface area contributed by atoms with Gasteiger partial charge in [0.15, 0.2) is 0 Å². The predicted octanol–water partition coefficient (Wildman–Crippen LogP) is 4.99. The van der Waals surface area contributed by atoms with E-state index in [0.717, 1.165) is 42.4 Å². The first-order chi connectivity index (χ1) is 13.6. The lowest BCUT2D eigenvalue weighted by Gasteiger charge is -2.30. The van der Waals surface area contributed by atoms with E-state index in [2.05, 4.69) is 10.2 Å². The summed E-state index contributed by atoms with van der Waals surface area (Å²) in [6, 6.07) is 18.1. The third kappa shape index (κ3) is 3.53. The van der Waals surface area contributed by atoms with Crippen molar-refractivity contribution in [2.45, 2.75) is 19.3 Å². The lowest BCUT2D eigenvalue weighted by molar-refractivity contribution is -0.384. The third-order valence-corrected chi connectivity index (χ3v) is 5.17. The number of piperidine rings is 1. The van der Waals surface area contributed by atoms with Gasteiger partial charge in [0.2, 0.25) is 0 Å². The summed E-state index contributed by atoms with van der Waals surface area (Å²) in [5, 5.41) is 16.2. The molecule has 28 heavy (non-hydrogen) atoms. The van der Waals surface area contributed by atoms with Crippen molar-refractivity contribution in [3.63, 3.8) is 0 Å². The van der Waals surface area contributed by atoms with Crippen molar-refractivity contribution in [2.24, 2.45) is 0 Å². The molecule has 3 aromatic carbocycles. The van der Waals surface area contributed by atoms with Crippen LogP contribution in [0.4, 0.5) is 17.1 Å². The number of carbonyl (C=O) groups excluding carboxylic acids is 1. The monoisotopic (exact) mass is 375 g/mol. The molecule has 0 saturated carbocycles. The van der Waals surface area contributed by atoms with Crippen molar-refractivity contribution in [3.8, 4) is 0 Å². The zero-order valence-corrected chi connectivity index (χ0v) is 15.4. The molecular formula is C22H21N3O3. The number of nitro groups is 1. The highest BCUT2D eigenvalue weighted by molar-refractivity contribution is 6.12. The molecule has 1 fully saturated rings. The standard InChI is InChI=1S/C22H21N3O3/c26-22(23-20-10-6-8-16-7-2-3-9-18(16)20)19-15-17(25(27)28)11-12-21(19)24-13-4-1-5-14-24/h2-3,6-12,15H,1,4-5,13-14H2,(H,23,26). The number of nitrogens with zero attached hydrogens (tertiary/aromatic N) is 2. The van der Waals surface area contributed by atoms with E-state index in [1.54, 1.807) is 6.07 Å². The zero-order chi connectivity index (χ0) is 19.5. The molecule has 1 heterocycles. The molecule has 0 aromatic heterocycles. The molecule has 1 aliphatic rings. The zero-order valence-electron chi connectivity index (χ0n) is 15.4. The average Bonchev–Trinajstić information content (AvgIpc) is 2.74. The minimum atomic E-state index is -0.464. The van der Waals surface area contributed by atoms with Crippen LogP contribution in [-0.4, -0.2) is 23.9 Å². The van der Waals surface area contributed by atoms with Gasteiger partial charge in [-0.2, -0.15) is 0 Å². The highest BCUT2D eigenvalue weighted by Crippen LogP contribution is 2.30. The second-order valence-electron chi connectivity index (χ2n) is 6.99. The van der Waals surface area contributed by atoms with E-state index in [0.29, 0.717) is 11.3 Å². The summed E-state index contributed by atoms with van der Waals surface area (Å²) in [6.45, 7) is 1.71. The summed E-state index contributed by atoms with van der Waals surface area (Å²) < 4.78 is 0.